The molecule has 0 amide bonds. The minimum Gasteiger partial charge on any atom is -0.481 e. The number of carbonyl (C=O) groups is 1. The van der Waals surface area contributed by atoms with Crippen molar-refractivity contribution < 1.29 is 9.90 Å². The maximum atomic E-state index is 10.7. The fourth-order valence-electron chi connectivity index (χ4n) is 1.83. The van der Waals surface area contributed by atoms with Crippen LogP contribution in [0.25, 0.3) is 0 Å². The first-order valence-corrected chi connectivity index (χ1v) is 7.01. The smallest absolute Gasteiger partial charge is 0.304 e. The SMILES string of the molecule is CCN(Cc1ccc(Br)cc1Cl)C(C)CC(=O)O. The van der Waals surface area contributed by atoms with Crippen LogP contribution in [0.15, 0.2) is 22.7 Å². The molecule has 0 aromatic heterocycles. The molecule has 1 aromatic carbocycles. The first-order valence-electron chi connectivity index (χ1n) is 5.83. The summed E-state index contributed by atoms with van der Waals surface area (Å²) in [6.45, 7) is 5.40. The summed E-state index contributed by atoms with van der Waals surface area (Å²) in [5.74, 6) is -0.775. The number of hydrogen-bond donors (Lipinski definition) is 1. The molecular weight excluding hydrogens is 318 g/mol. The number of aliphatic carboxylic acids is 1. The third kappa shape index (κ3) is 4.59. The van der Waals surface area contributed by atoms with Crippen molar-refractivity contribution in [3.05, 3.63) is 33.3 Å². The monoisotopic (exact) mass is 333 g/mol. The number of carboxylic acid groups (broad SMARTS) is 1. The predicted molar refractivity (Wildman–Crippen MR) is 77.0 cm³/mol. The van der Waals surface area contributed by atoms with Crippen molar-refractivity contribution in [3.63, 3.8) is 0 Å². The van der Waals surface area contributed by atoms with Gasteiger partial charge >= 0.3 is 5.97 Å². The molecular formula is C13H17BrClNO2. The Morgan fingerprint density at radius 1 is 1.56 bits per heavy atom. The lowest BCUT2D eigenvalue weighted by molar-refractivity contribution is -0.138. The Balaban J connectivity index is 2.76. The number of benzene rings is 1. The normalized spacial score (nSPS) is 12.7. The van der Waals surface area contributed by atoms with Gasteiger partial charge < -0.3 is 5.11 Å². The highest BCUT2D eigenvalue weighted by molar-refractivity contribution is 9.10. The molecule has 5 heteroatoms. The van der Waals surface area contributed by atoms with Crippen molar-refractivity contribution in [3.8, 4) is 0 Å². The van der Waals surface area contributed by atoms with E-state index >= 15 is 0 Å². The summed E-state index contributed by atoms with van der Waals surface area (Å²) in [5.41, 5.74) is 1.01. The number of nitrogens with zero attached hydrogens (tertiary/aromatic N) is 1. The Morgan fingerprint density at radius 3 is 2.72 bits per heavy atom. The van der Waals surface area contributed by atoms with Crippen LogP contribution in [-0.2, 0) is 11.3 Å². The molecule has 0 aliphatic heterocycles. The molecule has 0 spiro atoms. The summed E-state index contributed by atoms with van der Waals surface area (Å²) in [7, 11) is 0. The predicted octanol–water partition coefficient (Wildman–Crippen LogP) is 3.79. The molecule has 0 aliphatic rings. The van der Waals surface area contributed by atoms with E-state index in [4.69, 9.17) is 16.7 Å². The van der Waals surface area contributed by atoms with Crippen LogP contribution in [0.1, 0.15) is 25.8 Å². The van der Waals surface area contributed by atoms with Crippen LogP contribution >= 0.6 is 27.5 Å². The van der Waals surface area contributed by atoms with Crippen molar-refractivity contribution in [1.82, 2.24) is 4.90 Å². The molecule has 1 rings (SSSR count). The van der Waals surface area contributed by atoms with Gasteiger partial charge in [-0.25, -0.2) is 0 Å². The third-order valence-corrected chi connectivity index (χ3v) is 3.73. The second kappa shape index (κ2) is 7.12. The van der Waals surface area contributed by atoms with Gasteiger partial charge in [0, 0.05) is 22.1 Å². The van der Waals surface area contributed by atoms with Crippen LogP contribution in [-0.4, -0.2) is 28.6 Å². The second-order valence-corrected chi connectivity index (χ2v) is 5.57. The van der Waals surface area contributed by atoms with Crippen molar-refractivity contribution in [1.29, 1.82) is 0 Å². The van der Waals surface area contributed by atoms with Gasteiger partial charge in [-0.3, -0.25) is 9.69 Å². The van der Waals surface area contributed by atoms with Gasteiger partial charge in [0.2, 0.25) is 0 Å². The molecule has 0 fully saturated rings. The molecule has 1 aromatic rings. The fourth-order valence-corrected chi connectivity index (χ4v) is 2.56. The number of hydrogen-bond acceptors (Lipinski definition) is 2. The molecule has 1 unspecified atom stereocenters. The molecule has 0 saturated carbocycles. The number of halogens is 2. The second-order valence-electron chi connectivity index (χ2n) is 4.25. The maximum absolute atomic E-state index is 10.7. The summed E-state index contributed by atoms with van der Waals surface area (Å²) in [4.78, 5) is 12.8. The lowest BCUT2D eigenvalue weighted by atomic mass is 10.1. The van der Waals surface area contributed by atoms with Gasteiger partial charge in [-0.05, 0) is 31.2 Å². The van der Waals surface area contributed by atoms with E-state index < -0.39 is 5.97 Å². The zero-order chi connectivity index (χ0) is 13.7. The van der Waals surface area contributed by atoms with Crippen LogP contribution in [0.2, 0.25) is 5.02 Å². The summed E-state index contributed by atoms with van der Waals surface area (Å²) < 4.78 is 0.942. The average Bonchev–Trinajstić information content (AvgIpc) is 2.27. The summed E-state index contributed by atoms with van der Waals surface area (Å²) >= 11 is 9.53. The zero-order valence-electron chi connectivity index (χ0n) is 10.5. The Kier molecular flexibility index (Phi) is 6.12. The van der Waals surface area contributed by atoms with Crippen LogP contribution in [0, 0.1) is 0 Å². The van der Waals surface area contributed by atoms with E-state index in [0.29, 0.717) is 11.6 Å². The highest BCUT2D eigenvalue weighted by Crippen LogP contribution is 2.23. The van der Waals surface area contributed by atoms with Crippen molar-refractivity contribution in [2.75, 3.05) is 6.54 Å². The Hall–Kier alpha value is -0.580. The highest BCUT2D eigenvalue weighted by atomic mass is 79.9. The molecule has 18 heavy (non-hydrogen) atoms. The van der Waals surface area contributed by atoms with E-state index in [-0.39, 0.29) is 12.5 Å². The molecule has 0 radical (unpaired) electrons. The third-order valence-electron chi connectivity index (χ3n) is 2.89. The molecule has 3 nitrogen and oxygen atoms in total. The highest BCUT2D eigenvalue weighted by Gasteiger charge is 2.16. The largest absolute Gasteiger partial charge is 0.481 e. The van der Waals surface area contributed by atoms with E-state index in [1.807, 2.05) is 32.0 Å². The van der Waals surface area contributed by atoms with E-state index in [9.17, 15) is 4.79 Å². The van der Waals surface area contributed by atoms with Gasteiger partial charge in [0.25, 0.3) is 0 Å². The standard InChI is InChI=1S/C13H17BrClNO2/c1-3-16(9(2)6-13(17)18)8-10-4-5-11(14)7-12(10)15/h4-5,7,9H,3,6,8H2,1-2H3,(H,17,18). The van der Waals surface area contributed by atoms with Gasteiger partial charge in [-0.1, -0.05) is 40.5 Å². The van der Waals surface area contributed by atoms with Crippen LogP contribution < -0.4 is 0 Å². The van der Waals surface area contributed by atoms with Crippen molar-refractivity contribution in [2.45, 2.75) is 32.9 Å². The van der Waals surface area contributed by atoms with Crippen LogP contribution in [0.3, 0.4) is 0 Å². The zero-order valence-corrected chi connectivity index (χ0v) is 12.8. The molecule has 1 N–H and O–H groups in total. The van der Waals surface area contributed by atoms with Gasteiger partial charge in [-0.15, -0.1) is 0 Å². The Labute approximate surface area is 121 Å². The van der Waals surface area contributed by atoms with Crippen LogP contribution in [0.4, 0.5) is 0 Å². The summed E-state index contributed by atoms with van der Waals surface area (Å²) in [5, 5.41) is 9.53. The fraction of sp³-hybridized carbons (Fsp3) is 0.462. The Bertz CT molecular complexity index is 425. The minimum atomic E-state index is -0.775. The molecule has 0 heterocycles. The van der Waals surface area contributed by atoms with Crippen LogP contribution in [0.5, 0.6) is 0 Å². The molecule has 0 bridgehead atoms. The van der Waals surface area contributed by atoms with E-state index in [1.54, 1.807) is 0 Å². The first kappa shape index (κ1) is 15.5. The van der Waals surface area contributed by atoms with Crippen molar-refractivity contribution >= 4 is 33.5 Å². The Morgan fingerprint density at radius 2 is 2.22 bits per heavy atom. The van der Waals surface area contributed by atoms with E-state index in [2.05, 4.69) is 20.8 Å². The number of rotatable bonds is 6. The quantitative estimate of drug-likeness (QED) is 0.860. The van der Waals surface area contributed by atoms with Gasteiger partial charge in [0.15, 0.2) is 0 Å². The molecule has 1 atom stereocenters. The number of carboxylic acids is 1. The minimum absolute atomic E-state index is 0.00721. The maximum Gasteiger partial charge on any atom is 0.304 e. The van der Waals surface area contributed by atoms with Gasteiger partial charge in [0.1, 0.15) is 0 Å². The molecule has 0 aliphatic carbocycles. The van der Waals surface area contributed by atoms with Gasteiger partial charge in [-0.2, -0.15) is 0 Å². The lowest BCUT2D eigenvalue weighted by Crippen LogP contribution is -2.34. The van der Waals surface area contributed by atoms with E-state index in [0.717, 1.165) is 16.6 Å². The first-order chi connectivity index (χ1) is 8.43. The van der Waals surface area contributed by atoms with Crippen molar-refractivity contribution in [2.24, 2.45) is 0 Å². The summed E-state index contributed by atoms with van der Waals surface area (Å²) in [6, 6.07) is 5.75. The van der Waals surface area contributed by atoms with Gasteiger partial charge in [0.05, 0.1) is 6.42 Å². The molecule has 100 valence electrons. The summed E-state index contributed by atoms with van der Waals surface area (Å²) in [6.07, 6.45) is 0.141. The lowest BCUT2D eigenvalue weighted by Gasteiger charge is -2.27. The average molecular weight is 335 g/mol. The topological polar surface area (TPSA) is 40.5 Å². The molecule has 0 saturated heterocycles. The van der Waals surface area contributed by atoms with E-state index in [1.165, 1.54) is 0 Å².